The summed E-state index contributed by atoms with van der Waals surface area (Å²) in [5.41, 5.74) is 10.6. The van der Waals surface area contributed by atoms with Gasteiger partial charge in [0.2, 0.25) is 5.91 Å². The van der Waals surface area contributed by atoms with Crippen LogP contribution in [0.4, 0.5) is 11.5 Å². The number of aliphatic imine (C=N–C) groups is 1. The van der Waals surface area contributed by atoms with E-state index in [9.17, 15) is 4.79 Å². The minimum absolute atomic E-state index is 0.128. The molecular weight excluding hydrogens is 326 g/mol. The van der Waals surface area contributed by atoms with Gasteiger partial charge >= 0.3 is 0 Å². The van der Waals surface area contributed by atoms with Gasteiger partial charge in [-0.15, -0.1) is 0 Å². The number of aromatic nitrogens is 1. The number of anilines is 2. The number of hydrogen-bond donors (Lipinski definition) is 3. The molecule has 136 valence electrons. The Kier molecular flexibility index (Phi) is 5.84. The maximum absolute atomic E-state index is 12.0. The molecule has 0 atom stereocenters. The van der Waals surface area contributed by atoms with E-state index in [0.29, 0.717) is 18.3 Å². The van der Waals surface area contributed by atoms with Gasteiger partial charge in [0.05, 0.1) is 6.54 Å². The summed E-state index contributed by atoms with van der Waals surface area (Å²) in [5, 5.41) is 5.95. The Morgan fingerprint density at radius 3 is 2.81 bits per heavy atom. The van der Waals surface area contributed by atoms with Crippen molar-refractivity contribution in [3.05, 3.63) is 53.2 Å². The second-order valence-corrected chi connectivity index (χ2v) is 6.50. The first kappa shape index (κ1) is 17.9. The molecule has 1 amide bonds. The third kappa shape index (κ3) is 4.81. The second-order valence-electron chi connectivity index (χ2n) is 6.50. The zero-order chi connectivity index (χ0) is 18.4. The average Bonchev–Trinajstić information content (AvgIpc) is 2.62. The number of pyridine rings is 1. The number of nitrogens with two attached hydrogens (primary N) is 1. The van der Waals surface area contributed by atoms with E-state index >= 15 is 0 Å². The normalized spacial score (nSPS) is 13.8. The van der Waals surface area contributed by atoms with Crippen LogP contribution >= 0.6 is 0 Å². The van der Waals surface area contributed by atoms with Gasteiger partial charge in [-0.25, -0.2) is 4.98 Å². The number of carbonyl (C=O) groups is 1. The molecule has 0 aliphatic heterocycles. The Hall–Kier alpha value is -2.89. The molecule has 1 aliphatic carbocycles. The van der Waals surface area contributed by atoms with Gasteiger partial charge in [0.1, 0.15) is 5.82 Å². The van der Waals surface area contributed by atoms with Gasteiger partial charge in [-0.05, 0) is 61.9 Å². The molecule has 26 heavy (non-hydrogen) atoms. The van der Waals surface area contributed by atoms with Gasteiger partial charge in [-0.1, -0.05) is 18.2 Å². The Morgan fingerprint density at radius 1 is 1.15 bits per heavy atom. The third-order valence-electron chi connectivity index (χ3n) is 4.44. The molecule has 1 aliphatic rings. The number of aryl methyl sites for hydroxylation is 2. The first-order valence-electron chi connectivity index (χ1n) is 9.03. The molecular formula is C20H25N5O. The highest BCUT2D eigenvalue weighted by Gasteiger charge is 2.13. The van der Waals surface area contributed by atoms with Crippen LogP contribution < -0.4 is 16.4 Å². The van der Waals surface area contributed by atoms with E-state index in [4.69, 9.17) is 5.73 Å². The summed E-state index contributed by atoms with van der Waals surface area (Å²) in [7, 11) is 0. The van der Waals surface area contributed by atoms with E-state index in [1.54, 1.807) is 6.07 Å². The molecule has 1 aromatic carbocycles. The Balaban J connectivity index is 1.52. The fourth-order valence-electron chi connectivity index (χ4n) is 3.17. The third-order valence-corrected chi connectivity index (χ3v) is 4.44. The predicted molar refractivity (Wildman–Crippen MR) is 105 cm³/mol. The number of benzene rings is 1. The molecule has 0 saturated heterocycles. The number of rotatable bonds is 5. The lowest BCUT2D eigenvalue weighted by molar-refractivity contribution is -0.116. The molecule has 6 nitrogen and oxygen atoms in total. The summed E-state index contributed by atoms with van der Waals surface area (Å²) in [6.45, 7) is 2.21. The van der Waals surface area contributed by atoms with Gasteiger partial charge in [0.25, 0.3) is 0 Å². The zero-order valence-corrected chi connectivity index (χ0v) is 15.1. The van der Waals surface area contributed by atoms with Crippen LogP contribution in [0.5, 0.6) is 0 Å². The minimum atomic E-state index is -0.128. The lowest BCUT2D eigenvalue weighted by Gasteiger charge is -2.19. The fourth-order valence-corrected chi connectivity index (χ4v) is 3.17. The molecule has 2 aromatic rings. The smallest absolute Gasteiger partial charge is 0.227 e. The van der Waals surface area contributed by atoms with Crippen LogP contribution in [-0.4, -0.2) is 23.4 Å². The van der Waals surface area contributed by atoms with E-state index in [-0.39, 0.29) is 12.3 Å². The number of hydrogen-bond acceptors (Lipinski definition) is 3. The highest BCUT2D eigenvalue weighted by Crippen LogP contribution is 2.27. The Bertz CT molecular complexity index is 816. The molecule has 1 heterocycles. The first-order valence-corrected chi connectivity index (χ1v) is 9.03. The predicted octanol–water partition coefficient (Wildman–Crippen LogP) is 3.02. The van der Waals surface area contributed by atoms with Crippen molar-refractivity contribution in [3.63, 3.8) is 0 Å². The highest BCUT2D eigenvalue weighted by atomic mass is 16.1. The molecule has 3 rings (SSSR count). The largest absolute Gasteiger partial charge is 0.370 e. The molecule has 0 saturated carbocycles. The maximum Gasteiger partial charge on any atom is 0.227 e. The Labute approximate surface area is 153 Å². The highest BCUT2D eigenvalue weighted by molar-refractivity contribution is 5.94. The summed E-state index contributed by atoms with van der Waals surface area (Å²) in [6, 6.07) is 11.8. The summed E-state index contributed by atoms with van der Waals surface area (Å²) in [4.78, 5) is 20.5. The molecule has 0 spiro atoms. The average molecular weight is 351 g/mol. The van der Waals surface area contributed by atoms with Gasteiger partial charge in [-0.3, -0.25) is 9.79 Å². The number of nitrogens with one attached hydrogen (secondary N) is 2. The molecule has 0 bridgehead atoms. The lowest BCUT2D eigenvalue weighted by Crippen LogP contribution is -2.25. The van der Waals surface area contributed by atoms with E-state index in [1.165, 1.54) is 24.0 Å². The van der Waals surface area contributed by atoms with Crippen LogP contribution in [0.2, 0.25) is 0 Å². The van der Waals surface area contributed by atoms with E-state index < -0.39 is 0 Å². The fraction of sp³-hybridized carbons (Fsp3) is 0.350. The van der Waals surface area contributed by atoms with Gasteiger partial charge in [0.15, 0.2) is 5.96 Å². The molecule has 0 unspecified atom stereocenters. The van der Waals surface area contributed by atoms with Crippen molar-refractivity contribution < 1.29 is 4.79 Å². The zero-order valence-electron chi connectivity index (χ0n) is 15.1. The molecule has 0 fully saturated rings. The van der Waals surface area contributed by atoms with Gasteiger partial charge in [-0.2, -0.15) is 0 Å². The maximum atomic E-state index is 12.0. The quantitative estimate of drug-likeness (QED) is 0.570. The first-order chi connectivity index (χ1) is 12.6. The van der Waals surface area contributed by atoms with Gasteiger partial charge < -0.3 is 16.4 Å². The van der Waals surface area contributed by atoms with Crippen molar-refractivity contribution in [3.8, 4) is 0 Å². The van der Waals surface area contributed by atoms with E-state index in [0.717, 1.165) is 24.2 Å². The number of fused-ring (bicyclic) bond motifs is 1. The van der Waals surface area contributed by atoms with Crippen LogP contribution in [0.3, 0.4) is 0 Å². The Morgan fingerprint density at radius 2 is 1.96 bits per heavy atom. The monoisotopic (exact) mass is 351 g/mol. The second kappa shape index (κ2) is 8.47. The van der Waals surface area contributed by atoms with Crippen molar-refractivity contribution in [2.75, 3.05) is 17.2 Å². The van der Waals surface area contributed by atoms with Crippen molar-refractivity contribution >= 4 is 23.4 Å². The summed E-state index contributed by atoms with van der Waals surface area (Å²) >= 11 is 0. The van der Waals surface area contributed by atoms with Crippen LogP contribution in [0, 0.1) is 6.92 Å². The van der Waals surface area contributed by atoms with Crippen molar-refractivity contribution in [1.82, 2.24) is 4.98 Å². The SMILES string of the molecule is Cc1cccc(NC(=O)CCN=C(N)Nc2cccc3c2CCCC3)n1. The molecule has 1 aromatic heterocycles. The number of nitrogens with zero attached hydrogens (tertiary/aromatic N) is 2. The van der Waals surface area contributed by atoms with Crippen molar-refractivity contribution in [2.45, 2.75) is 39.0 Å². The van der Waals surface area contributed by atoms with Crippen LogP contribution in [0.1, 0.15) is 36.1 Å². The van der Waals surface area contributed by atoms with Crippen molar-refractivity contribution in [1.29, 1.82) is 0 Å². The summed E-state index contributed by atoms with van der Waals surface area (Å²) in [5.74, 6) is 0.767. The number of carbonyl (C=O) groups excluding carboxylic acids is 1. The van der Waals surface area contributed by atoms with E-state index in [1.807, 2.05) is 31.2 Å². The lowest BCUT2D eigenvalue weighted by atomic mass is 9.90. The van der Waals surface area contributed by atoms with Crippen molar-refractivity contribution in [2.24, 2.45) is 10.7 Å². The molecule has 0 radical (unpaired) electrons. The van der Waals surface area contributed by atoms with E-state index in [2.05, 4.69) is 26.7 Å². The van der Waals surface area contributed by atoms with Crippen LogP contribution in [0.25, 0.3) is 0 Å². The number of guanidine groups is 1. The standard InChI is InChI=1S/C20H25N5O/c1-14-6-4-11-18(23-14)25-19(26)12-13-22-20(21)24-17-10-5-8-15-7-2-3-9-16(15)17/h4-6,8,10-11H,2-3,7,9,12-13H2,1H3,(H3,21,22,24)(H,23,25,26). The molecule has 6 heteroatoms. The number of amides is 1. The van der Waals surface area contributed by atoms with Crippen LogP contribution in [0.15, 0.2) is 41.4 Å². The minimum Gasteiger partial charge on any atom is -0.370 e. The molecule has 4 N–H and O–H groups in total. The van der Waals surface area contributed by atoms with Crippen LogP contribution in [-0.2, 0) is 17.6 Å². The van der Waals surface area contributed by atoms with Gasteiger partial charge in [0, 0.05) is 17.8 Å². The summed E-state index contributed by atoms with van der Waals surface area (Å²) < 4.78 is 0. The summed E-state index contributed by atoms with van der Waals surface area (Å²) in [6.07, 6.45) is 4.89. The topological polar surface area (TPSA) is 92.4 Å².